The van der Waals surface area contributed by atoms with Crippen molar-refractivity contribution in [1.82, 2.24) is 14.5 Å². The van der Waals surface area contributed by atoms with Gasteiger partial charge in [0.05, 0.1) is 37.4 Å². The minimum Gasteiger partial charge on any atom is -0.469 e. The molecule has 0 atom stereocenters. The molecule has 0 N–H and O–H groups in total. The highest BCUT2D eigenvalue weighted by Crippen LogP contribution is 2.38. The average molecular weight is 263 g/mol. The van der Waals surface area contributed by atoms with Gasteiger partial charge < -0.3 is 9.30 Å². The molecule has 0 unspecified atom stereocenters. The number of rotatable bonds is 4. The Morgan fingerprint density at radius 3 is 3.17 bits per heavy atom. The predicted molar refractivity (Wildman–Crippen MR) is 67.3 cm³/mol. The molecule has 0 amide bonds. The summed E-state index contributed by atoms with van der Waals surface area (Å²) in [5.41, 5.74) is 1.80. The minimum absolute atomic E-state index is 0.227. The van der Waals surface area contributed by atoms with Gasteiger partial charge in [0.2, 0.25) is 0 Å². The minimum atomic E-state index is -0.262. The maximum absolute atomic E-state index is 11.2. The molecular formula is C12H13N3O2S. The number of carbonyl (C=O) groups excluding carboxylic acids is 1. The zero-order valence-electron chi connectivity index (χ0n) is 10.00. The molecule has 0 spiro atoms. The first kappa shape index (κ1) is 11.4. The molecule has 0 bridgehead atoms. The van der Waals surface area contributed by atoms with Crippen LogP contribution in [0.1, 0.15) is 24.6 Å². The smallest absolute Gasteiger partial charge is 0.311 e. The molecule has 2 aromatic heterocycles. The number of methoxy groups -OCH3 is 1. The molecule has 18 heavy (non-hydrogen) atoms. The lowest BCUT2D eigenvalue weighted by atomic mass is 10.3. The van der Waals surface area contributed by atoms with E-state index in [-0.39, 0.29) is 12.4 Å². The molecule has 6 heteroatoms. The lowest BCUT2D eigenvalue weighted by molar-refractivity contribution is -0.139. The Balaban J connectivity index is 1.83. The normalized spacial score (nSPS) is 14.7. The van der Waals surface area contributed by atoms with Crippen LogP contribution in [0.25, 0.3) is 10.7 Å². The second-order valence-electron chi connectivity index (χ2n) is 4.31. The van der Waals surface area contributed by atoms with E-state index >= 15 is 0 Å². The zero-order valence-corrected chi connectivity index (χ0v) is 10.8. The van der Waals surface area contributed by atoms with E-state index in [1.54, 1.807) is 0 Å². The summed E-state index contributed by atoms with van der Waals surface area (Å²) < 4.78 is 6.80. The lowest BCUT2D eigenvalue weighted by Crippen LogP contribution is -2.04. The Kier molecular flexibility index (Phi) is 2.87. The summed E-state index contributed by atoms with van der Waals surface area (Å²) in [5.74, 6) is -0.262. The van der Waals surface area contributed by atoms with E-state index in [9.17, 15) is 4.79 Å². The quantitative estimate of drug-likeness (QED) is 0.792. The molecule has 2 heterocycles. The van der Waals surface area contributed by atoms with Crippen LogP contribution in [0, 0.1) is 0 Å². The van der Waals surface area contributed by atoms with Crippen LogP contribution in [0.4, 0.5) is 0 Å². The Bertz CT molecular complexity index is 571. The molecule has 94 valence electrons. The van der Waals surface area contributed by atoms with Gasteiger partial charge in [0.15, 0.2) is 0 Å². The van der Waals surface area contributed by atoms with Crippen molar-refractivity contribution in [3.8, 4) is 10.7 Å². The summed E-state index contributed by atoms with van der Waals surface area (Å²) >= 11 is 1.54. The van der Waals surface area contributed by atoms with Crippen LogP contribution in [-0.2, 0) is 16.0 Å². The molecule has 5 nitrogen and oxygen atoms in total. The first-order chi connectivity index (χ1) is 8.78. The van der Waals surface area contributed by atoms with E-state index < -0.39 is 0 Å². The summed E-state index contributed by atoms with van der Waals surface area (Å²) in [4.78, 5) is 19.8. The summed E-state index contributed by atoms with van der Waals surface area (Å²) in [6.45, 7) is 0. The van der Waals surface area contributed by atoms with E-state index in [2.05, 4.69) is 19.3 Å². The highest BCUT2D eigenvalue weighted by Gasteiger charge is 2.26. The fourth-order valence-corrected chi connectivity index (χ4v) is 2.67. The van der Waals surface area contributed by atoms with Crippen molar-refractivity contribution >= 4 is 17.3 Å². The Morgan fingerprint density at radius 2 is 2.44 bits per heavy atom. The van der Waals surface area contributed by atoms with Crippen LogP contribution in [0.5, 0.6) is 0 Å². The third-order valence-corrected chi connectivity index (χ3v) is 3.84. The lowest BCUT2D eigenvalue weighted by Gasteiger charge is -2.02. The molecule has 1 aliphatic rings. The van der Waals surface area contributed by atoms with Gasteiger partial charge >= 0.3 is 5.97 Å². The second-order valence-corrected chi connectivity index (χ2v) is 5.17. The number of aromatic nitrogens is 3. The van der Waals surface area contributed by atoms with Crippen LogP contribution >= 0.6 is 11.3 Å². The highest BCUT2D eigenvalue weighted by atomic mass is 32.1. The van der Waals surface area contributed by atoms with Crippen LogP contribution < -0.4 is 0 Å². The molecule has 0 aliphatic heterocycles. The monoisotopic (exact) mass is 263 g/mol. The van der Waals surface area contributed by atoms with Crippen LogP contribution in [-0.4, -0.2) is 27.6 Å². The molecule has 1 aliphatic carbocycles. The molecule has 1 saturated carbocycles. The van der Waals surface area contributed by atoms with Crippen molar-refractivity contribution in [3.63, 3.8) is 0 Å². The Morgan fingerprint density at radius 1 is 1.61 bits per heavy atom. The van der Waals surface area contributed by atoms with Gasteiger partial charge in [-0.05, 0) is 12.8 Å². The maximum Gasteiger partial charge on any atom is 0.311 e. The fourth-order valence-electron chi connectivity index (χ4n) is 1.84. The van der Waals surface area contributed by atoms with Crippen molar-refractivity contribution in [3.05, 3.63) is 23.6 Å². The van der Waals surface area contributed by atoms with Gasteiger partial charge in [0.25, 0.3) is 0 Å². The van der Waals surface area contributed by atoms with Crippen molar-refractivity contribution in [2.45, 2.75) is 25.3 Å². The third kappa shape index (κ3) is 2.15. The molecule has 1 fully saturated rings. The Hall–Kier alpha value is -1.69. The van der Waals surface area contributed by atoms with Gasteiger partial charge in [-0.3, -0.25) is 4.79 Å². The number of ether oxygens (including phenoxy) is 1. The number of hydrogen-bond acceptors (Lipinski definition) is 5. The van der Waals surface area contributed by atoms with Gasteiger partial charge in [-0.2, -0.15) is 0 Å². The first-order valence-corrected chi connectivity index (χ1v) is 6.69. The summed E-state index contributed by atoms with van der Waals surface area (Å²) in [7, 11) is 1.39. The molecule has 2 aromatic rings. The number of esters is 1. The molecule has 0 aromatic carbocycles. The first-order valence-electron chi connectivity index (χ1n) is 5.81. The van der Waals surface area contributed by atoms with Crippen LogP contribution in [0.15, 0.2) is 17.9 Å². The van der Waals surface area contributed by atoms with E-state index in [0.717, 1.165) is 16.4 Å². The topological polar surface area (TPSA) is 57.0 Å². The standard InChI is InChI=1S/C12H13N3O2S/c1-17-11(16)4-8-6-18-12(14-8)10-5-13-7-15(10)9-2-3-9/h5-7,9H,2-4H2,1H3. The van der Waals surface area contributed by atoms with Gasteiger partial charge in [-0.1, -0.05) is 0 Å². The SMILES string of the molecule is COC(=O)Cc1csc(-c2cncn2C2CC2)n1. The molecule has 3 rings (SSSR count). The van der Waals surface area contributed by atoms with Gasteiger partial charge in [0, 0.05) is 11.4 Å². The highest BCUT2D eigenvalue weighted by molar-refractivity contribution is 7.13. The van der Waals surface area contributed by atoms with E-state index in [4.69, 9.17) is 0 Å². The maximum atomic E-state index is 11.2. The van der Waals surface area contributed by atoms with Crippen molar-refractivity contribution in [2.24, 2.45) is 0 Å². The summed E-state index contributed by atoms with van der Waals surface area (Å²) in [6, 6.07) is 0.579. The number of hydrogen-bond donors (Lipinski definition) is 0. The average Bonchev–Trinajstić information content (AvgIpc) is 2.92. The van der Waals surface area contributed by atoms with Crippen LogP contribution in [0.3, 0.4) is 0 Å². The third-order valence-electron chi connectivity index (χ3n) is 2.93. The van der Waals surface area contributed by atoms with E-state index in [1.807, 2.05) is 17.9 Å². The Labute approximate surface area is 108 Å². The largest absolute Gasteiger partial charge is 0.469 e. The van der Waals surface area contributed by atoms with Crippen molar-refractivity contribution in [2.75, 3.05) is 7.11 Å². The zero-order chi connectivity index (χ0) is 12.5. The van der Waals surface area contributed by atoms with E-state index in [0.29, 0.717) is 6.04 Å². The molecule has 0 saturated heterocycles. The summed E-state index contributed by atoms with van der Waals surface area (Å²) in [5, 5.41) is 2.81. The van der Waals surface area contributed by atoms with E-state index in [1.165, 1.54) is 31.3 Å². The van der Waals surface area contributed by atoms with Gasteiger partial charge in [0.1, 0.15) is 5.01 Å². The fraction of sp³-hybridized carbons (Fsp3) is 0.417. The van der Waals surface area contributed by atoms with Crippen LogP contribution in [0.2, 0.25) is 0 Å². The van der Waals surface area contributed by atoms with Crippen molar-refractivity contribution in [1.29, 1.82) is 0 Å². The van der Waals surface area contributed by atoms with Gasteiger partial charge in [-0.15, -0.1) is 11.3 Å². The summed E-state index contributed by atoms with van der Waals surface area (Å²) in [6.07, 6.45) is 6.34. The number of thiazole rings is 1. The predicted octanol–water partition coefficient (Wildman–Crippen LogP) is 2.06. The molecular weight excluding hydrogens is 250 g/mol. The number of carbonyl (C=O) groups is 1. The van der Waals surface area contributed by atoms with Crippen molar-refractivity contribution < 1.29 is 9.53 Å². The van der Waals surface area contributed by atoms with Gasteiger partial charge in [-0.25, -0.2) is 9.97 Å². The number of imidazole rings is 1. The number of nitrogens with zero attached hydrogens (tertiary/aromatic N) is 3. The molecule has 0 radical (unpaired) electrons. The second kappa shape index (κ2) is 4.53.